The highest BCUT2D eigenvalue weighted by Crippen LogP contribution is 2.18. The molecule has 1 amide bonds. The highest BCUT2D eigenvalue weighted by atomic mass is 16.5. The van der Waals surface area contributed by atoms with Gasteiger partial charge in [0.2, 0.25) is 5.91 Å². The average molecular weight is 332 g/mol. The quantitative estimate of drug-likeness (QED) is 0.854. The zero-order chi connectivity index (χ0) is 16.9. The van der Waals surface area contributed by atoms with Gasteiger partial charge in [-0.2, -0.15) is 0 Å². The highest BCUT2D eigenvalue weighted by Gasteiger charge is 2.23. The lowest BCUT2D eigenvalue weighted by Crippen LogP contribution is -2.45. The molecule has 3 rings (SSSR count). The molecule has 2 aliphatic rings. The second kappa shape index (κ2) is 7.94. The fraction of sp³-hybridized carbons (Fsp3) is 0.667. The first-order chi connectivity index (χ1) is 11.6. The van der Waals surface area contributed by atoms with Gasteiger partial charge in [-0.1, -0.05) is 6.07 Å². The van der Waals surface area contributed by atoms with Gasteiger partial charge in [0.25, 0.3) is 0 Å². The Labute approximate surface area is 144 Å². The van der Waals surface area contributed by atoms with E-state index < -0.39 is 0 Å². The van der Waals surface area contributed by atoms with Gasteiger partial charge in [-0.05, 0) is 44.9 Å². The Balaban J connectivity index is 1.48. The Morgan fingerprint density at radius 2 is 2.17 bits per heavy atom. The van der Waals surface area contributed by atoms with Crippen LogP contribution in [0, 0.1) is 0 Å². The first kappa shape index (κ1) is 17.2. The zero-order valence-corrected chi connectivity index (χ0v) is 14.6. The molecule has 24 heavy (non-hydrogen) atoms. The van der Waals surface area contributed by atoms with Crippen LogP contribution >= 0.6 is 0 Å². The molecule has 0 bridgehead atoms. The van der Waals surface area contributed by atoms with Gasteiger partial charge in [0, 0.05) is 38.3 Å². The van der Waals surface area contributed by atoms with Crippen molar-refractivity contribution in [2.75, 3.05) is 24.5 Å². The molecule has 132 valence electrons. The smallest absolute Gasteiger partial charge is 0.221 e. The summed E-state index contributed by atoms with van der Waals surface area (Å²) in [5.74, 6) is 1.08. The molecule has 2 fully saturated rings. The molecule has 3 heterocycles. The lowest BCUT2D eigenvalue weighted by molar-refractivity contribution is -0.121. The van der Waals surface area contributed by atoms with Crippen LogP contribution in [0.3, 0.4) is 0 Å². The summed E-state index contributed by atoms with van der Waals surface area (Å²) in [6.07, 6.45) is 5.13. The van der Waals surface area contributed by atoms with Crippen LogP contribution in [0.5, 0.6) is 0 Å². The molecule has 0 aliphatic carbocycles. The number of nitrogens with one attached hydrogen (secondary N) is 2. The van der Waals surface area contributed by atoms with Crippen LogP contribution in [-0.2, 0) is 16.1 Å². The van der Waals surface area contributed by atoms with E-state index in [0.29, 0.717) is 19.0 Å². The van der Waals surface area contributed by atoms with Crippen LogP contribution in [0.15, 0.2) is 18.3 Å². The summed E-state index contributed by atoms with van der Waals surface area (Å²) in [5.41, 5.74) is 1.03. The first-order valence-corrected chi connectivity index (χ1v) is 8.95. The van der Waals surface area contributed by atoms with Crippen molar-refractivity contribution in [1.29, 1.82) is 0 Å². The molecule has 6 heteroatoms. The molecule has 1 aromatic rings. The third-order valence-electron chi connectivity index (χ3n) is 4.64. The topological polar surface area (TPSA) is 66.5 Å². The molecule has 0 aromatic carbocycles. The van der Waals surface area contributed by atoms with Gasteiger partial charge in [0.05, 0.1) is 12.2 Å². The van der Waals surface area contributed by atoms with Gasteiger partial charge in [0.1, 0.15) is 5.82 Å². The van der Waals surface area contributed by atoms with Crippen LogP contribution in [0.25, 0.3) is 0 Å². The Hall–Kier alpha value is -1.66. The van der Waals surface area contributed by atoms with Crippen molar-refractivity contribution in [2.24, 2.45) is 0 Å². The molecule has 2 N–H and O–H groups in total. The summed E-state index contributed by atoms with van der Waals surface area (Å²) in [7, 11) is 0. The van der Waals surface area contributed by atoms with Crippen LogP contribution in [0.1, 0.15) is 38.7 Å². The predicted octanol–water partition coefficient (Wildman–Crippen LogP) is 1.45. The number of ether oxygens (including phenoxy) is 1. The molecule has 3 atom stereocenters. The van der Waals surface area contributed by atoms with Gasteiger partial charge in [-0.15, -0.1) is 0 Å². The van der Waals surface area contributed by atoms with Crippen molar-refractivity contribution >= 4 is 11.7 Å². The van der Waals surface area contributed by atoms with Crippen LogP contribution in [0.2, 0.25) is 0 Å². The van der Waals surface area contributed by atoms with Crippen molar-refractivity contribution < 1.29 is 9.53 Å². The molecule has 0 radical (unpaired) electrons. The van der Waals surface area contributed by atoms with Crippen molar-refractivity contribution in [3.63, 3.8) is 0 Å². The predicted molar refractivity (Wildman–Crippen MR) is 93.9 cm³/mol. The molecule has 3 unspecified atom stereocenters. The highest BCUT2D eigenvalue weighted by molar-refractivity contribution is 5.76. The van der Waals surface area contributed by atoms with Crippen molar-refractivity contribution in [3.8, 4) is 0 Å². The lowest BCUT2D eigenvalue weighted by Gasteiger charge is -2.36. The van der Waals surface area contributed by atoms with Gasteiger partial charge in [-0.3, -0.25) is 4.79 Å². The number of pyridine rings is 1. The maximum absolute atomic E-state index is 12.0. The molecule has 1 aromatic heterocycles. The molecular formula is C18H28N4O2. The van der Waals surface area contributed by atoms with Crippen molar-refractivity contribution in [2.45, 2.75) is 57.9 Å². The van der Waals surface area contributed by atoms with E-state index >= 15 is 0 Å². The lowest BCUT2D eigenvalue weighted by atomic mass is 10.1. The van der Waals surface area contributed by atoms with Gasteiger partial charge < -0.3 is 20.3 Å². The number of carbonyl (C=O) groups excluding carboxylic acids is 1. The molecule has 2 saturated heterocycles. The Morgan fingerprint density at radius 3 is 2.79 bits per heavy atom. The van der Waals surface area contributed by atoms with E-state index in [4.69, 9.17) is 4.74 Å². The van der Waals surface area contributed by atoms with Gasteiger partial charge in [-0.25, -0.2) is 4.98 Å². The van der Waals surface area contributed by atoms with E-state index in [0.717, 1.165) is 37.4 Å². The number of amides is 1. The number of morpholine rings is 1. The summed E-state index contributed by atoms with van der Waals surface area (Å²) >= 11 is 0. The summed E-state index contributed by atoms with van der Waals surface area (Å²) in [6.45, 7) is 7.47. The Kier molecular flexibility index (Phi) is 5.68. The summed E-state index contributed by atoms with van der Waals surface area (Å²) < 4.78 is 5.76. The normalized spacial score (nSPS) is 27.2. The van der Waals surface area contributed by atoms with Crippen LogP contribution in [0.4, 0.5) is 5.82 Å². The minimum Gasteiger partial charge on any atom is -0.372 e. The SMILES string of the molecule is CC1CN(c2ccc(CNC(=O)CC3CCCN3)cn2)CC(C)O1. The number of hydrogen-bond acceptors (Lipinski definition) is 5. The number of nitrogens with zero attached hydrogens (tertiary/aromatic N) is 2. The minimum absolute atomic E-state index is 0.106. The monoisotopic (exact) mass is 332 g/mol. The molecule has 2 aliphatic heterocycles. The van der Waals surface area contributed by atoms with Gasteiger partial charge in [0.15, 0.2) is 0 Å². The van der Waals surface area contributed by atoms with E-state index in [9.17, 15) is 4.79 Å². The Morgan fingerprint density at radius 1 is 1.38 bits per heavy atom. The minimum atomic E-state index is 0.106. The summed E-state index contributed by atoms with van der Waals surface area (Å²) in [6, 6.07) is 4.42. The van der Waals surface area contributed by atoms with Crippen LogP contribution < -0.4 is 15.5 Å². The third kappa shape index (κ3) is 4.68. The number of anilines is 1. The zero-order valence-electron chi connectivity index (χ0n) is 14.6. The number of hydrogen-bond donors (Lipinski definition) is 2. The first-order valence-electron chi connectivity index (χ1n) is 8.95. The van der Waals surface area contributed by atoms with E-state index in [2.05, 4.69) is 34.4 Å². The summed E-state index contributed by atoms with van der Waals surface area (Å²) in [5, 5.41) is 6.33. The fourth-order valence-electron chi connectivity index (χ4n) is 3.50. The maximum atomic E-state index is 12.0. The number of aromatic nitrogens is 1. The maximum Gasteiger partial charge on any atom is 0.221 e. The molecule has 6 nitrogen and oxygen atoms in total. The molecular weight excluding hydrogens is 304 g/mol. The average Bonchev–Trinajstić information content (AvgIpc) is 3.05. The standard InChI is InChI=1S/C18H28N4O2/c1-13-11-22(12-14(2)24-13)17-6-5-15(9-20-17)10-21-18(23)8-16-4-3-7-19-16/h5-6,9,13-14,16,19H,3-4,7-8,10-12H2,1-2H3,(H,21,23). The second-order valence-corrected chi connectivity index (χ2v) is 6.96. The summed E-state index contributed by atoms with van der Waals surface area (Å²) in [4.78, 5) is 18.8. The largest absolute Gasteiger partial charge is 0.372 e. The number of rotatable bonds is 5. The van der Waals surface area contributed by atoms with Crippen molar-refractivity contribution in [1.82, 2.24) is 15.6 Å². The third-order valence-corrected chi connectivity index (χ3v) is 4.64. The van der Waals surface area contributed by atoms with E-state index in [-0.39, 0.29) is 18.1 Å². The number of carbonyl (C=O) groups is 1. The van der Waals surface area contributed by atoms with E-state index in [1.54, 1.807) is 0 Å². The Bertz CT molecular complexity index is 532. The molecule has 0 spiro atoms. The van der Waals surface area contributed by atoms with Gasteiger partial charge >= 0.3 is 0 Å². The van der Waals surface area contributed by atoms with E-state index in [1.807, 2.05) is 18.3 Å². The molecule has 0 saturated carbocycles. The van der Waals surface area contributed by atoms with E-state index in [1.165, 1.54) is 6.42 Å². The van der Waals surface area contributed by atoms with Crippen LogP contribution in [-0.4, -0.2) is 48.8 Å². The second-order valence-electron chi connectivity index (χ2n) is 6.96. The van der Waals surface area contributed by atoms with Crippen molar-refractivity contribution in [3.05, 3.63) is 23.9 Å². The fourth-order valence-corrected chi connectivity index (χ4v) is 3.50.